The van der Waals surface area contributed by atoms with Crippen LogP contribution < -0.4 is 10.3 Å². The molecule has 0 fully saturated rings. The maximum Gasteiger partial charge on any atom is 0.278 e. The minimum Gasteiger partial charge on any atom is -0.497 e. The minimum absolute atomic E-state index is 0.0639. The van der Waals surface area contributed by atoms with Gasteiger partial charge >= 0.3 is 0 Å². The van der Waals surface area contributed by atoms with Crippen LogP contribution >= 0.6 is 11.6 Å². The Kier molecular flexibility index (Phi) is 4.75. The van der Waals surface area contributed by atoms with Crippen molar-refractivity contribution in [3.05, 3.63) is 46.2 Å². The van der Waals surface area contributed by atoms with Crippen LogP contribution in [0.3, 0.4) is 0 Å². The van der Waals surface area contributed by atoms with Crippen molar-refractivity contribution in [1.82, 2.24) is 9.78 Å². The number of nitrogens with zero attached hydrogens (tertiary/aromatic N) is 2. The standard InChI is InChI=1S/C15H15ClN2O3/c1-3-8-18-15(20)12(14(16)19)9-13(17-18)10-4-6-11(21-2)7-5-10/h4-7,9H,3,8H2,1-2H3. The van der Waals surface area contributed by atoms with Crippen LogP contribution in [0, 0.1) is 0 Å². The van der Waals surface area contributed by atoms with Gasteiger partial charge in [-0.15, -0.1) is 0 Å². The molecule has 0 aliphatic rings. The number of methoxy groups -OCH3 is 1. The molecule has 2 rings (SSSR count). The molecule has 110 valence electrons. The van der Waals surface area contributed by atoms with Gasteiger partial charge in [-0.3, -0.25) is 9.59 Å². The first-order chi connectivity index (χ1) is 10.1. The molecule has 0 N–H and O–H groups in total. The van der Waals surface area contributed by atoms with Crippen LogP contribution in [0.1, 0.15) is 23.7 Å². The van der Waals surface area contributed by atoms with Crippen LogP contribution in [-0.2, 0) is 6.54 Å². The quantitative estimate of drug-likeness (QED) is 0.797. The van der Waals surface area contributed by atoms with E-state index in [1.165, 1.54) is 10.7 Å². The molecular weight excluding hydrogens is 292 g/mol. The highest BCUT2D eigenvalue weighted by molar-refractivity contribution is 6.67. The molecule has 1 aromatic heterocycles. The van der Waals surface area contributed by atoms with E-state index in [0.717, 1.165) is 12.0 Å². The maximum absolute atomic E-state index is 12.1. The van der Waals surface area contributed by atoms with Crippen molar-refractivity contribution in [3.8, 4) is 17.0 Å². The van der Waals surface area contributed by atoms with Gasteiger partial charge < -0.3 is 4.74 Å². The van der Waals surface area contributed by atoms with Crippen LogP contribution in [-0.4, -0.2) is 22.1 Å². The lowest BCUT2D eigenvalue weighted by Crippen LogP contribution is -2.27. The van der Waals surface area contributed by atoms with E-state index < -0.39 is 10.8 Å². The van der Waals surface area contributed by atoms with Gasteiger partial charge in [-0.2, -0.15) is 5.10 Å². The summed E-state index contributed by atoms with van der Waals surface area (Å²) in [5.74, 6) is 0.717. The van der Waals surface area contributed by atoms with Crippen LogP contribution in [0.4, 0.5) is 0 Å². The largest absolute Gasteiger partial charge is 0.497 e. The molecule has 0 amide bonds. The molecule has 0 unspecified atom stereocenters. The zero-order valence-electron chi connectivity index (χ0n) is 11.8. The van der Waals surface area contributed by atoms with E-state index in [4.69, 9.17) is 16.3 Å². The Balaban J connectivity index is 2.56. The fourth-order valence-corrected chi connectivity index (χ4v) is 2.08. The first-order valence-corrected chi connectivity index (χ1v) is 6.91. The van der Waals surface area contributed by atoms with Crippen LogP contribution in [0.15, 0.2) is 35.1 Å². The van der Waals surface area contributed by atoms with Gasteiger partial charge in [-0.25, -0.2) is 4.68 Å². The molecule has 1 aromatic carbocycles. The molecule has 0 radical (unpaired) electrons. The third-order valence-corrected chi connectivity index (χ3v) is 3.21. The number of ether oxygens (including phenoxy) is 1. The Bertz CT molecular complexity index is 708. The third-order valence-electron chi connectivity index (χ3n) is 3.01. The minimum atomic E-state index is -0.776. The van der Waals surface area contributed by atoms with Crippen molar-refractivity contribution in [2.45, 2.75) is 19.9 Å². The molecule has 1 heterocycles. The van der Waals surface area contributed by atoms with Crippen molar-refractivity contribution in [2.24, 2.45) is 0 Å². The van der Waals surface area contributed by atoms with Crippen molar-refractivity contribution < 1.29 is 9.53 Å². The highest BCUT2D eigenvalue weighted by Crippen LogP contribution is 2.20. The average Bonchev–Trinajstić information content (AvgIpc) is 2.49. The highest BCUT2D eigenvalue weighted by Gasteiger charge is 2.14. The van der Waals surface area contributed by atoms with E-state index >= 15 is 0 Å². The Morgan fingerprint density at radius 1 is 1.33 bits per heavy atom. The summed E-state index contributed by atoms with van der Waals surface area (Å²) in [7, 11) is 1.58. The average molecular weight is 307 g/mol. The topological polar surface area (TPSA) is 61.2 Å². The predicted octanol–water partition coefficient (Wildman–Crippen LogP) is 2.71. The number of aryl methyl sites for hydroxylation is 1. The van der Waals surface area contributed by atoms with Crippen molar-refractivity contribution in [1.29, 1.82) is 0 Å². The summed E-state index contributed by atoms with van der Waals surface area (Å²) in [6.07, 6.45) is 0.731. The van der Waals surface area contributed by atoms with Crippen LogP contribution in [0.5, 0.6) is 5.75 Å². The smallest absolute Gasteiger partial charge is 0.278 e. The summed E-state index contributed by atoms with van der Waals surface area (Å²) in [4.78, 5) is 23.5. The molecule has 0 aliphatic carbocycles. The van der Waals surface area contributed by atoms with E-state index in [9.17, 15) is 9.59 Å². The monoisotopic (exact) mass is 306 g/mol. The molecule has 0 aliphatic heterocycles. The molecule has 0 saturated heterocycles. The Morgan fingerprint density at radius 2 is 2.00 bits per heavy atom. The number of carbonyl (C=O) groups excluding carboxylic acids is 1. The van der Waals surface area contributed by atoms with Crippen molar-refractivity contribution in [2.75, 3.05) is 7.11 Å². The second-order valence-electron chi connectivity index (χ2n) is 4.47. The normalized spacial score (nSPS) is 10.4. The summed E-state index contributed by atoms with van der Waals surface area (Å²) in [6.45, 7) is 2.36. The van der Waals surface area contributed by atoms with Gasteiger partial charge in [0.05, 0.1) is 12.8 Å². The summed E-state index contributed by atoms with van der Waals surface area (Å²) in [6, 6.07) is 8.61. The molecule has 5 nitrogen and oxygen atoms in total. The van der Waals surface area contributed by atoms with Gasteiger partial charge in [0.15, 0.2) is 0 Å². The van der Waals surface area contributed by atoms with E-state index in [-0.39, 0.29) is 5.56 Å². The zero-order valence-corrected chi connectivity index (χ0v) is 12.6. The molecule has 0 atom stereocenters. The summed E-state index contributed by atoms with van der Waals surface area (Å²) in [5.41, 5.74) is 0.773. The number of benzene rings is 1. The predicted molar refractivity (Wildman–Crippen MR) is 81.0 cm³/mol. The van der Waals surface area contributed by atoms with E-state index in [0.29, 0.717) is 18.0 Å². The van der Waals surface area contributed by atoms with Gasteiger partial charge in [0.2, 0.25) is 0 Å². The first-order valence-electron chi connectivity index (χ1n) is 6.53. The Hall–Kier alpha value is -2.14. The summed E-state index contributed by atoms with van der Waals surface area (Å²) >= 11 is 5.49. The lowest BCUT2D eigenvalue weighted by atomic mass is 10.1. The van der Waals surface area contributed by atoms with Gasteiger partial charge in [-0.05, 0) is 48.4 Å². The second kappa shape index (κ2) is 6.54. The SMILES string of the molecule is CCCn1nc(-c2ccc(OC)cc2)cc(C(=O)Cl)c1=O. The molecule has 0 bridgehead atoms. The third kappa shape index (κ3) is 3.31. The molecule has 0 saturated carbocycles. The van der Waals surface area contributed by atoms with Gasteiger partial charge in [0.1, 0.15) is 11.3 Å². The van der Waals surface area contributed by atoms with Crippen molar-refractivity contribution >= 4 is 16.8 Å². The molecule has 6 heteroatoms. The van der Waals surface area contributed by atoms with E-state index in [1.807, 2.05) is 19.1 Å². The molecule has 2 aromatic rings. The van der Waals surface area contributed by atoms with Gasteiger partial charge in [-0.1, -0.05) is 6.92 Å². The van der Waals surface area contributed by atoms with E-state index in [1.54, 1.807) is 19.2 Å². The zero-order chi connectivity index (χ0) is 15.4. The van der Waals surface area contributed by atoms with Crippen molar-refractivity contribution in [3.63, 3.8) is 0 Å². The van der Waals surface area contributed by atoms with Crippen LogP contribution in [0.25, 0.3) is 11.3 Å². The summed E-state index contributed by atoms with van der Waals surface area (Å²) in [5, 5.41) is 3.51. The maximum atomic E-state index is 12.1. The number of halogens is 1. The van der Waals surface area contributed by atoms with E-state index in [2.05, 4.69) is 5.10 Å². The Morgan fingerprint density at radius 3 is 2.52 bits per heavy atom. The fourth-order valence-electron chi connectivity index (χ4n) is 1.95. The number of hydrogen-bond acceptors (Lipinski definition) is 4. The number of rotatable bonds is 5. The highest BCUT2D eigenvalue weighted by atomic mass is 35.5. The molecular formula is C15H15ClN2O3. The second-order valence-corrected chi connectivity index (χ2v) is 4.82. The first kappa shape index (κ1) is 15.3. The molecule has 0 spiro atoms. The molecule has 21 heavy (non-hydrogen) atoms. The lowest BCUT2D eigenvalue weighted by molar-refractivity contribution is 0.107. The number of hydrogen-bond donors (Lipinski definition) is 0. The number of aromatic nitrogens is 2. The number of carbonyl (C=O) groups is 1. The van der Waals surface area contributed by atoms with Crippen LogP contribution in [0.2, 0.25) is 0 Å². The summed E-state index contributed by atoms with van der Waals surface area (Å²) < 4.78 is 6.37. The fraction of sp³-hybridized carbons (Fsp3) is 0.267. The van der Waals surface area contributed by atoms with Gasteiger partial charge in [0, 0.05) is 12.1 Å². The Labute approximate surface area is 127 Å². The lowest BCUT2D eigenvalue weighted by Gasteiger charge is -2.09. The van der Waals surface area contributed by atoms with Gasteiger partial charge in [0.25, 0.3) is 10.8 Å².